The molecule has 0 amide bonds. The second kappa shape index (κ2) is 13.1. The summed E-state index contributed by atoms with van der Waals surface area (Å²) in [5.41, 5.74) is 6.42. The number of pyridine rings is 1. The molecule has 0 spiro atoms. The maximum Gasteiger partial charge on any atom is 0.284 e. The first-order chi connectivity index (χ1) is 26.8. The van der Waals surface area contributed by atoms with Crippen LogP contribution in [0.15, 0.2) is 146 Å². The maximum absolute atomic E-state index is 12.3. The highest BCUT2D eigenvalue weighted by Gasteiger charge is 2.22. The number of nitrogens with zero attached hydrogens (tertiary/aromatic N) is 3. The summed E-state index contributed by atoms with van der Waals surface area (Å²) in [7, 11) is 0. The lowest BCUT2D eigenvalue weighted by atomic mass is 9.86. The van der Waals surface area contributed by atoms with E-state index in [9.17, 15) is 15.2 Å². The Balaban J connectivity index is 1.10. The van der Waals surface area contributed by atoms with Gasteiger partial charge in [0.15, 0.2) is 0 Å². The van der Waals surface area contributed by atoms with Gasteiger partial charge in [-0.3, -0.25) is 14.7 Å². The van der Waals surface area contributed by atoms with E-state index in [0.29, 0.717) is 45.1 Å². The van der Waals surface area contributed by atoms with Gasteiger partial charge in [0.1, 0.15) is 23.1 Å². The molecule has 260 valence electrons. The normalized spacial score (nSPS) is 12.7. The minimum absolute atomic E-state index is 0.0333. The minimum Gasteiger partial charge on any atom is -0.508 e. The molecular weight excluding hydrogens is 659 g/mol. The van der Waals surface area contributed by atoms with Crippen LogP contribution in [0.25, 0.3) is 61.0 Å². The van der Waals surface area contributed by atoms with Crippen molar-refractivity contribution in [2.45, 2.75) is 33.0 Å². The van der Waals surface area contributed by atoms with Crippen LogP contribution in [-0.2, 0) is 5.41 Å². The van der Waals surface area contributed by atoms with Gasteiger partial charge in [-0.2, -0.15) is 0 Å². The maximum atomic E-state index is 12.3. The summed E-state index contributed by atoms with van der Waals surface area (Å²) in [6.45, 7) is 4.01. The molecule has 0 aliphatic heterocycles. The number of aryl methyl sites for hydroxylation is 1. The van der Waals surface area contributed by atoms with Crippen molar-refractivity contribution in [2.24, 2.45) is 0 Å². The van der Waals surface area contributed by atoms with Gasteiger partial charge >= 0.3 is 0 Å². The van der Waals surface area contributed by atoms with Gasteiger partial charge in [0.05, 0.1) is 27.1 Å². The Bertz CT molecular complexity index is 2770. The zero-order valence-electron chi connectivity index (χ0n) is 32.4. The molecule has 0 radical (unpaired) electrons. The molecule has 0 unspecified atom stereocenters. The molecule has 0 saturated carbocycles. The number of hydrogen-bond acceptors (Lipinski definition) is 5. The Morgan fingerprint density at radius 1 is 0.698 bits per heavy atom. The summed E-state index contributed by atoms with van der Waals surface area (Å²) in [6, 6.07) is 41.9. The highest BCUT2D eigenvalue weighted by molar-refractivity contribution is 6.09. The second-order valence-electron chi connectivity index (χ2n) is 14.1. The first kappa shape index (κ1) is 29.9. The number of para-hydroxylation sites is 1. The average Bonchev–Trinajstić information content (AvgIpc) is 3.50. The molecule has 0 aliphatic carbocycles. The number of ether oxygens (including phenoxy) is 1. The van der Waals surface area contributed by atoms with Crippen molar-refractivity contribution in [3.05, 3.63) is 167 Å². The van der Waals surface area contributed by atoms with Gasteiger partial charge in [0.2, 0.25) is 0 Å². The predicted molar refractivity (Wildman–Crippen MR) is 213 cm³/mol. The number of nitro groups is 1. The largest absolute Gasteiger partial charge is 0.508 e. The lowest BCUT2D eigenvalue weighted by Gasteiger charge is -2.19. The molecule has 1 N–H and O–H groups in total. The number of rotatable bonds is 7. The molecule has 0 atom stereocenters. The minimum atomic E-state index is -2.46. The number of phenols is 1. The molecule has 6 aromatic carbocycles. The first-order valence-corrected chi connectivity index (χ1v) is 17.3. The van der Waals surface area contributed by atoms with Gasteiger partial charge < -0.3 is 9.84 Å². The van der Waals surface area contributed by atoms with Crippen LogP contribution in [0.2, 0.25) is 0 Å². The van der Waals surface area contributed by atoms with E-state index in [0.717, 1.165) is 32.9 Å². The summed E-state index contributed by atoms with van der Waals surface area (Å²) >= 11 is 0. The van der Waals surface area contributed by atoms with E-state index in [2.05, 4.69) is 32.9 Å². The number of benzene rings is 6. The van der Waals surface area contributed by atoms with Crippen molar-refractivity contribution in [1.29, 1.82) is 0 Å². The summed E-state index contributed by atoms with van der Waals surface area (Å²) in [5.74, 6) is 1.58. The van der Waals surface area contributed by atoms with Crippen molar-refractivity contribution in [3.63, 3.8) is 0 Å². The van der Waals surface area contributed by atoms with E-state index in [1.165, 1.54) is 0 Å². The molecule has 8 rings (SSSR count). The Morgan fingerprint density at radius 2 is 1.34 bits per heavy atom. The van der Waals surface area contributed by atoms with Crippen LogP contribution in [-0.4, -0.2) is 19.6 Å². The molecule has 0 bridgehead atoms. The molecule has 0 fully saturated rings. The topological polar surface area (TPSA) is 90.4 Å². The van der Waals surface area contributed by atoms with Crippen LogP contribution in [0.5, 0.6) is 17.2 Å². The SMILES string of the molecule is [2H]C([2H])([2H])c1cc(-n2c3ccc(C(C)(C)C)cc3c3ccc(O)cc32)ncc1-c1ccc(Oc2ccc(-c3cccc(-c4ccccc4)c3[N+](=O)[O-])cc2)cc1. The summed E-state index contributed by atoms with van der Waals surface area (Å²) in [5, 5.41) is 24.6. The molecule has 0 aliphatic rings. The molecule has 2 aromatic heterocycles. The van der Waals surface area contributed by atoms with E-state index in [4.69, 9.17) is 13.8 Å². The lowest BCUT2D eigenvalue weighted by molar-refractivity contribution is -0.383. The van der Waals surface area contributed by atoms with Crippen LogP contribution in [0, 0.1) is 17.0 Å². The van der Waals surface area contributed by atoms with Gasteiger partial charge in [0.25, 0.3) is 5.69 Å². The molecule has 7 nitrogen and oxygen atoms in total. The van der Waals surface area contributed by atoms with E-state index in [1.807, 2.05) is 53.1 Å². The zero-order valence-corrected chi connectivity index (χ0v) is 29.4. The average molecular weight is 699 g/mol. The van der Waals surface area contributed by atoms with E-state index < -0.39 is 6.85 Å². The fraction of sp³-hybridized carbons (Fsp3) is 0.109. The van der Waals surface area contributed by atoms with E-state index in [1.54, 1.807) is 85.1 Å². The Kier molecular flexibility index (Phi) is 7.41. The molecule has 2 heterocycles. The van der Waals surface area contributed by atoms with Crippen LogP contribution < -0.4 is 4.74 Å². The first-order valence-electron chi connectivity index (χ1n) is 18.8. The van der Waals surface area contributed by atoms with Crippen LogP contribution >= 0.6 is 0 Å². The number of phenolic OH excluding ortho intramolecular Hbond substituents is 1. The number of hydrogen-bond donors (Lipinski definition) is 1. The van der Waals surface area contributed by atoms with E-state index in [-0.39, 0.29) is 27.3 Å². The standard InChI is InChI=1S/C46H37N3O4/c1-29-25-44(48-42-24-17-33(46(2,3)4)26-40(42)39-23-18-34(50)27-43(39)48)47-28-41(29)32-15-21-36(22-16-32)53-35-19-13-31(14-20-35)38-12-8-11-37(45(38)49(51)52)30-9-6-5-7-10-30/h5-28,50H,1-4H3/i1D3. The monoisotopic (exact) mass is 698 g/mol. The summed E-state index contributed by atoms with van der Waals surface area (Å²) in [4.78, 5) is 16.7. The summed E-state index contributed by atoms with van der Waals surface area (Å²) < 4.78 is 33.5. The number of nitro benzene ring substituents is 1. The van der Waals surface area contributed by atoms with Crippen molar-refractivity contribution in [3.8, 4) is 56.4 Å². The third-order valence-corrected chi connectivity index (χ3v) is 9.60. The number of aromatic hydroxyl groups is 1. The van der Waals surface area contributed by atoms with Crippen molar-refractivity contribution in [2.75, 3.05) is 0 Å². The summed E-state index contributed by atoms with van der Waals surface area (Å²) in [6.07, 6.45) is 1.58. The molecular formula is C46H37N3O4. The van der Waals surface area contributed by atoms with Crippen molar-refractivity contribution < 1.29 is 18.9 Å². The van der Waals surface area contributed by atoms with Gasteiger partial charge in [0, 0.05) is 32.7 Å². The van der Waals surface area contributed by atoms with Gasteiger partial charge in [-0.1, -0.05) is 87.5 Å². The zero-order chi connectivity index (χ0) is 39.4. The second-order valence-corrected chi connectivity index (χ2v) is 14.1. The van der Waals surface area contributed by atoms with Crippen LogP contribution in [0.3, 0.4) is 0 Å². The third kappa shape index (κ3) is 6.27. The molecule has 0 saturated heterocycles. The predicted octanol–water partition coefficient (Wildman–Crippen LogP) is 12.2. The van der Waals surface area contributed by atoms with E-state index >= 15 is 0 Å². The van der Waals surface area contributed by atoms with Gasteiger partial charge in [-0.25, -0.2) is 4.98 Å². The quantitative estimate of drug-likeness (QED) is 0.132. The third-order valence-electron chi connectivity index (χ3n) is 9.60. The molecule has 8 aromatic rings. The lowest BCUT2D eigenvalue weighted by Crippen LogP contribution is -2.10. The highest BCUT2D eigenvalue weighted by Crippen LogP contribution is 2.40. The number of fused-ring (bicyclic) bond motifs is 3. The smallest absolute Gasteiger partial charge is 0.284 e. The van der Waals surface area contributed by atoms with Gasteiger partial charge in [-0.05, 0) is 107 Å². The highest BCUT2D eigenvalue weighted by atomic mass is 16.6. The van der Waals surface area contributed by atoms with Crippen LogP contribution in [0.4, 0.5) is 5.69 Å². The fourth-order valence-corrected chi connectivity index (χ4v) is 6.88. The fourth-order valence-electron chi connectivity index (χ4n) is 6.88. The Morgan fingerprint density at radius 3 is 1.96 bits per heavy atom. The van der Waals surface area contributed by atoms with Gasteiger partial charge in [-0.15, -0.1) is 0 Å². The Labute approximate surface area is 311 Å². The molecule has 7 heteroatoms. The Hall–Kier alpha value is -6.73. The van der Waals surface area contributed by atoms with Crippen LogP contribution in [0.1, 0.15) is 36.0 Å². The van der Waals surface area contributed by atoms with Crippen molar-refractivity contribution >= 4 is 27.5 Å². The molecule has 53 heavy (non-hydrogen) atoms. The van der Waals surface area contributed by atoms with Crippen molar-refractivity contribution in [1.82, 2.24) is 9.55 Å². The number of aromatic nitrogens is 2.